The largest absolute Gasteiger partial charge is 0.462 e. The molecule has 0 rings (SSSR count). The van der Waals surface area contributed by atoms with Crippen molar-refractivity contribution in [2.75, 3.05) is 13.2 Å². The van der Waals surface area contributed by atoms with Crippen molar-refractivity contribution < 1.29 is 28.6 Å². The molecule has 0 aromatic carbocycles. The Hall–Kier alpha value is -3.93. The van der Waals surface area contributed by atoms with E-state index in [2.05, 4.69) is 118 Å². The van der Waals surface area contributed by atoms with Gasteiger partial charge in [-0.25, -0.2) is 0 Å². The van der Waals surface area contributed by atoms with Crippen molar-refractivity contribution in [2.45, 2.75) is 232 Å². The van der Waals surface area contributed by atoms with Crippen molar-refractivity contribution in [3.63, 3.8) is 0 Å². The second kappa shape index (κ2) is 52.7. The number of carbonyl (C=O) groups excluding carboxylic acids is 3. The number of rotatable bonds is 46. The topological polar surface area (TPSA) is 78.9 Å². The molecule has 6 heteroatoms. The molecule has 0 bridgehead atoms. The van der Waals surface area contributed by atoms with Crippen LogP contribution < -0.4 is 0 Å². The second-order valence-corrected chi connectivity index (χ2v) is 17.1. The van der Waals surface area contributed by atoms with Gasteiger partial charge in [-0.3, -0.25) is 14.4 Å². The lowest BCUT2D eigenvalue weighted by molar-refractivity contribution is -0.166. The van der Waals surface area contributed by atoms with Gasteiger partial charge in [0.1, 0.15) is 13.2 Å². The highest BCUT2D eigenvalue weighted by Crippen LogP contribution is 2.13. The van der Waals surface area contributed by atoms with E-state index in [0.717, 1.165) is 89.9 Å². The lowest BCUT2D eigenvalue weighted by Gasteiger charge is -2.18. The molecule has 1 atom stereocenters. The van der Waals surface area contributed by atoms with Gasteiger partial charge >= 0.3 is 17.9 Å². The first-order valence-corrected chi connectivity index (χ1v) is 26.4. The summed E-state index contributed by atoms with van der Waals surface area (Å²) in [4.78, 5) is 37.9. The van der Waals surface area contributed by atoms with E-state index in [9.17, 15) is 14.4 Å². The summed E-state index contributed by atoms with van der Waals surface area (Å²) in [5.41, 5.74) is 0. The van der Waals surface area contributed by atoms with E-state index in [-0.39, 0.29) is 37.5 Å². The van der Waals surface area contributed by atoms with E-state index in [1.165, 1.54) is 89.9 Å². The van der Waals surface area contributed by atoms with E-state index < -0.39 is 6.10 Å². The summed E-state index contributed by atoms with van der Waals surface area (Å²) in [5, 5.41) is 0. The Bertz CT molecular complexity index is 1360. The molecule has 0 saturated heterocycles. The third-order valence-corrected chi connectivity index (χ3v) is 10.8. The summed E-state index contributed by atoms with van der Waals surface area (Å²) in [6.45, 7) is 6.36. The number of ether oxygens (including phenoxy) is 3. The highest BCUT2D eigenvalue weighted by molar-refractivity contribution is 5.71. The number of hydrogen-bond acceptors (Lipinski definition) is 6. The fraction of sp³-hybridized carbons (Fsp3) is 0.644. The van der Waals surface area contributed by atoms with Gasteiger partial charge in [0.25, 0.3) is 0 Å². The molecule has 0 fully saturated rings. The van der Waals surface area contributed by atoms with Crippen LogP contribution in [0.3, 0.4) is 0 Å². The zero-order chi connectivity index (χ0) is 47.2. The molecular weight excluding hydrogens is 805 g/mol. The molecule has 6 nitrogen and oxygen atoms in total. The summed E-state index contributed by atoms with van der Waals surface area (Å²) in [7, 11) is 0. The lowest BCUT2D eigenvalue weighted by atomic mass is 10.1. The van der Waals surface area contributed by atoms with Gasteiger partial charge in [0.05, 0.1) is 0 Å². The summed E-state index contributed by atoms with van der Waals surface area (Å²) in [5.74, 6) is -1.04. The van der Waals surface area contributed by atoms with Crippen LogP contribution in [0.4, 0.5) is 0 Å². The number of carbonyl (C=O) groups is 3. The first-order chi connectivity index (χ1) is 32.0. The number of unbranched alkanes of at least 4 members (excludes halogenated alkanes) is 18. The predicted octanol–water partition coefficient (Wildman–Crippen LogP) is 17.5. The molecule has 0 spiro atoms. The van der Waals surface area contributed by atoms with Crippen LogP contribution in [0.1, 0.15) is 226 Å². The molecule has 0 radical (unpaired) electrons. The fourth-order valence-corrected chi connectivity index (χ4v) is 6.79. The van der Waals surface area contributed by atoms with Crippen LogP contribution in [0.15, 0.2) is 109 Å². The zero-order valence-electron chi connectivity index (χ0n) is 42.0. The Morgan fingerprint density at radius 3 is 1.18 bits per heavy atom. The van der Waals surface area contributed by atoms with Gasteiger partial charge in [-0.05, 0) is 103 Å². The van der Waals surface area contributed by atoms with Crippen LogP contribution in [0.2, 0.25) is 0 Å². The first-order valence-electron chi connectivity index (χ1n) is 26.4. The minimum absolute atomic E-state index is 0.119. The van der Waals surface area contributed by atoms with Gasteiger partial charge < -0.3 is 14.2 Å². The maximum Gasteiger partial charge on any atom is 0.306 e. The molecule has 0 aliphatic carbocycles. The van der Waals surface area contributed by atoms with Crippen molar-refractivity contribution in [3.8, 4) is 0 Å². The monoisotopic (exact) mass is 901 g/mol. The molecular formula is C59H96O6. The minimum Gasteiger partial charge on any atom is -0.462 e. The molecule has 0 aliphatic heterocycles. The molecule has 1 unspecified atom stereocenters. The molecule has 0 amide bonds. The Labute approximate surface area is 400 Å². The van der Waals surface area contributed by atoms with Gasteiger partial charge in [0.15, 0.2) is 6.10 Å². The highest BCUT2D eigenvalue weighted by Gasteiger charge is 2.19. The van der Waals surface area contributed by atoms with Crippen molar-refractivity contribution in [1.29, 1.82) is 0 Å². The number of esters is 3. The molecule has 0 saturated carbocycles. The number of allylic oxidation sites excluding steroid dienone is 18. The van der Waals surface area contributed by atoms with Gasteiger partial charge in [0.2, 0.25) is 0 Å². The van der Waals surface area contributed by atoms with E-state index >= 15 is 0 Å². The SMILES string of the molecule is CC/C=C\C/C=C\C/C=C\C/C=C\C/C=C\C/C=C\CCC(=O)OCC(COC(=O)CCCCC/C=C\C=C/CCCC)OC(=O)CCCCCCCCC/C=C\CCCCCCCC. The minimum atomic E-state index is -0.823. The molecule has 0 heterocycles. The van der Waals surface area contributed by atoms with Gasteiger partial charge in [-0.15, -0.1) is 0 Å². The third kappa shape index (κ3) is 50.9. The average Bonchev–Trinajstić information content (AvgIpc) is 3.30. The predicted molar refractivity (Wildman–Crippen MR) is 279 cm³/mol. The molecule has 0 aromatic heterocycles. The zero-order valence-corrected chi connectivity index (χ0v) is 42.0. The smallest absolute Gasteiger partial charge is 0.306 e. The van der Waals surface area contributed by atoms with E-state index in [1.54, 1.807) is 0 Å². The summed E-state index contributed by atoms with van der Waals surface area (Å²) in [6.07, 6.45) is 70.9. The first kappa shape index (κ1) is 61.1. The van der Waals surface area contributed by atoms with Crippen LogP contribution in [0.25, 0.3) is 0 Å². The van der Waals surface area contributed by atoms with Crippen molar-refractivity contribution in [2.24, 2.45) is 0 Å². The highest BCUT2D eigenvalue weighted by atomic mass is 16.6. The summed E-state index contributed by atoms with van der Waals surface area (Å²) < 4.78 is 16.7. The normalized spacial score (nSPS) is 13.0. The van der Waals surface area contributed by atoms with Gasteiger partial charge in [-0.2, -0.15) is 0 Å². The van der Waals surface area contributed by atoms with Crippen molar-refractivity contribution >= 4 is 17.9 Å². The summed E-state index contributed by atoms with van der Waals surface area (Å²) >= 11 is 0. The molecule has 0 aliphatic rings. The molecule has 0 aromatic rings. The molecule has 65 heavy (non-hydrogen) atoms. The Kier molecular flexibility index (Phi) is 49.5. The Balaban J connectivity index is 4.52. The van der Waals surface area contributed by atoms with E-state index in [4.69, 9.17) is 14.2 Å². The Morgan fingerprint density at radius 1 is 0.338 bits per heavy atom. The maximum atomic E-state index is 12.8. The third-order valence-electron chi connectivity index (χ3n) is 10.8. The number of hydrogen-bond donors (Lipinski definition) is 0. The van der Waals surface area contributed by atoms with Crippen LogP contribution in [0, 0.1) is 0 Å². The van der Waals surface area contributed by atoms with Crippen LogP contribution in [-0.4, -0.2) is 37.2 Å². The molecule has 0 N–H and O–H groups in total. The molecule has 368 valence electrons. The second-order valence-electron chi connectivity index (χ2n) is 17.1. The van der Waals surface area contributed by atoms with Crippen LogP contribution in [0.5, 0.6) is 0 Å². The van der Waals surface area contributed by atoms with E-state index in [1.807, 2.05) is 12.2 Å². The Morgan fingerprint density at radius 2 is 0.692 bits per heavy atom. The van der Waals surface area contributed by atoms with Gasteiger partial charge in [0, 0.05) is 19.3 Å². The standard InChI is InChI=1S/C59H96O6/c1-4-7-10-13-16-19-22-24-26-28-29-31-32-34-37-40-43-46-49-52-58(61)64-55-56(54-63-57(60)51-48-45-42-39-36-21-18-15-12-9-6-3)65-59(62)53-50-47-44-41-38-35-33-30-27-25-23-20-17-14-11-8-5-2/h7,10,15-16,18-19,21,24-27,29,31,34,36-37,43,46,56H,4-6,8-9,11-14,17,20,22-23,28,30,32-33,35,38-42,44-45,47-55H2,1-3H3/b10-7-,18-15-,19-16-,26-24-,27-25-,31-29-,36-21-,37-34-,46-43-. The summed E-state index contributed by atoms with van der Waals surface area (Å²) in [6, 6.07) is 0. The maximum absolute atomic E-state index is 12.8. The van der Waals surface area contributed by atoms with Crippen LogP contribution >= 0.6 is 0 Å². The average molecular weight is 901 g/mol. The van der Waals surface area contributed by atoms with Crippen LogP contribution in [-0.2, 0) is 28.6 Å². The van der Waals surface area contributed by atoms with Crippen molar-refractivity contribution in [3.05, 3.63) is 109 Å². The quantitative estimate of drug-likeness (QED) is 0.0199. The van der Waals surface area contributed by atoms with Crippen molar-refractivity contribution in [1.82, 2.24) is 0 Å². The fourth-order valence-electron chi connectivity index (χ4n) is 6.79. The van der Waals surface area contributed by atoms with E-state index in [0.29, 0.717) is 19.3 Å². The lowest BCUT2D eigenvalue weighted by Crippen LogP contribution is -2.30. The van der Waals surface area contributed by atoms with Gasteiger partial charge in [-0.1, -0.05) is 214 Å².